The van der Waals surface area contributed by atoms with Crippen LogP contribution in [0.5, 0.6) is 0 Å². The maximum absolute atomic E-state index is 10.9. The molecule has 0 aliphatic heterocycles. The third-order valence-electron chi connectivity index (χ3n) is 2.61. The molecule has 82 valence electrons. The Balaban J connectivity index is 2.39. The third-order valence-corrected chi connectivity index (χ3v) is 3.27. The molecule has 0 heterocycles. The Bertz CT molecular complexity index is 254. The van der Waals surface area contributed by atoms with Crippen LogP contribution in [0.2, 0.25) is 0 Å². The lowest BCUT2D eigenvalue weighted by atomic mass is 9.87. The molecule has 0 aromatic heterocycles. The lowest BCUT2D eigenvalue weighted by Crippen LogP contribution is -2.36. The van der Waals surface area contributed by atoms with Gasteiger partial charge >= 0.3 is 13.2 Å². The van der Waals surface area contributed by atoms with Gasteiger partial charge in [-0.3, -0.25) is 4.79 Å². The summed E-state index contributed by atoms with van der Waals surface area (Å²) in [5.41, 5.74) is -1.14. The number of carbonyl (C=O) groups is 1. The molecule has 1 amide bonds. The molecule has 1 aliphatic carbocycles. The summed E-state index contributed by atoms with van der Waals surface area (Å²) in [5.74, 6) is 0.651. The monoisotopic (exact) mass is 221 g/mol. The fraction of sp³-hybridized carbons (Fsp3) is 0.875. The van der Waals surface area contributed by atoms with Gasteiger partial charge in [0.25, 0.3) is 0 Å². The van der Waals surface area contributed by atoms with E-state index in [2.05, 4.69) is 12.2 Å². The molecule has 0 radical (unpaired) electrons. The summed E-state index contributed by atoms with van der Waals surface area (Å²) in [6.07, 6.45) is 3.64. The molecule has 0 unspecified atom stereocenters. The number of hydrogen-bond donors (Lipinski definition) is 3. The van der Waals surface area contributed by atoms with E-state index in [-0.39, 0.29) is 6.04 Å². The fourth-order valence-electron chi connectivity index (χ4n) is 1.66. The van der Waals surface area contributed by atoms with Crippen molar-refractivity contribution in [3.63, 3.8) is 0 Å². The second-order valence-corrected chi connectivity index (χ2v) is 5.44. The van der Waals surface area contributed by atoms with E-state index >= 15 is 0 Å². The van der Waals surface area contributed by atoms with Gasteiger partial charge in [-0.05, 0) is 31.6 Å². The highest BCUT2D eigenvalue weighted by molar-refractivity contribution is 7.69. The summed E-state index contributed by atoms with van der Waals surface area (Å²) in [4.78, 5) is 28.1. The van der Waals surface area contributed by atoms with Gasteiger partial charge in [-0.2, -0.15) is 0 Å². The van der Waals surface area contributed by atoms with Crippen molar-refractivity contribution in [2.75, 3.05) is 0 Å². The van der Waals surface area contributed by atoms with Crippen molar-refractivity contribution in [2.45, 2.75) is 38.6 Å². The molecule has 0 aromatic rings. The highest BCUT2D eigenvalue weighted by atomic mass is 31.2. The number of amides is 1. The molecule has 6 heteroatoms. The Morgan fingerprint density at radius 1 is 1.29 bits per heavy atom. The van der Waals surface area contributed by atoms with Crippen LogP contribution in [0.4, 0.5) is 4.79 Å². The van der Waals surface area contributed by atoms with Crippen molar-refractivity contribution in [3.8, 4) is 0 Å². The molecule has 0 atom stereocenters. The molecule has 0 aromatic carbocycles. The molecule has 14 heavy (non-hydrogen) atoms. The Morgan fingerprint density at radius 2 is 1.79 bits per heavy atom. The smallest absolute Gasteiger partial charge is 0.343 e. The number of carbonyl (C=O) groups excluding carboxylic acids is 1. The van der Waals surface area contributed by atoms with Crippen LogP contribution in [0.25, 0.3) is 0 Å². The normalized spacial score (nSPS) is 28.5. The Kier molecular flexibility index (Phi) is 3.70. The van der Waals surface area contributed by atoms with Crippen molar-refractivity contribution >= 4 is 13.2 Å². The zero-order valence-electron chi connectivity index (χ0n) is 8.14. The van der Waals surface area contributed by atoms with Gasteiger partial charge < -0.3 is 15.1 Å². The number of nitrogens with one attached hydrogen (secondary N) is 1. The zero-order chi connectivity index (χ0) is 10.8. The zero-order valence-corrected chi connectivity index (χ0v) is 9.04. The summed E-state index contributed by atoms with van der Waals surface area (Å²) in [6.45, 7) is 2.14. The maximum Gasteiger partial charge on any atom is 0.413 e. The van der Waals surface area contributed by atoms with E-state index in [1.54, 1.807) is 0 Å². The van der Waals surface area contributed by atoms with Crippen LogP contribution in [0.3, 0.4) is 0 Å². The van der Waals surface area contributed by atoms with Crippen LogP contribution in [-0.2, 0) is 4.57 Å². The molecule has 0 spiro atoms. The van der Waals surface area contributed by atoms with Crippen LogP contribution in [0, 0.1) is 5.92 Å². The van der Waals surface area contributed by atoms with Gasteiger partial charge in [0.15, 0.2) is 0 Å². The average Bonchev–Trinajstić information content (AvgIpc) is 2.07. The van der Waals surface area contributed by atoms with Gasteiger partial charge in [0.2, 0.25) is 0 Å². The first kappa shape index (κ1) is 11.7. The predicted molar refractivity (Wildman–Crippen MR) is 52.0 cm³/mol. The highest BCUT2D eigenvalue weighted by Crippen LogP contribution is 2.36. The van der Waals surface area contributed by atoms with E-state index in [1.165, 1.54) is 0 Å². The first-order valence-electron chi connectivity index (χ1n) is 4.76. The molecule has 0 bridgehead atoms. The number of hydrogen-bond acceptors (Lipinski definition) is 2. The Morgan fingerprint density at radius 3 is 2.21 bits per heavy atom. The largest absolute Gasteiger partial charge is 0.413 e. The van der Waals surface area contributed by atoms with Crippen molar-refractivity contribution in [1.29, 1.82) is 0 Å². The van der Waals surface area contributed by atoms with E-state index in [0.717, 1.165) is 25.7 Å². The predicted octanol–water partition coefficient (Wildman–Crippen LogP) is 1.45. The van der Waals surface area contributed by atoms with Gasteiger partial charge in [0.1, 0.15) is 0 Å². The van der Waals surface area contributed by atoms with Gasteiger partial charge in [0.05, 0.1) is 0 Å². The lowest BCUT2D eigenvalue weighted by Gasteiger charge is -2.26. The summed E-state index contributed by atoms with van der Waals surface area (Å²) >= 11 is 0. The minimum atomic E-state index is -4.59. The van der Waals surface area contributed by atoms with Gasteiger partial charge in [0, 0.05) is 6.04 Å². The quantitative estimate of drug-likeness (QED) is 0.616. The molecule has 1 saturated carbocycles. The molecule has 0 saturated heterocycles. The van der Waals surface area contributed by atoms with Crippen LogP contribution in [0.1, 0.15) is 32.6 Å². The van der Waals surface area contributed by atoms with Crippen LogP contribution >= 0.6 is 7.60 Å². The minimum absolute atomic E-state index is 0.0636. The van der Waals surface area contributed by atoms with E-state index in [0.29, 0.717) is 5.92 Å². The van der Waals surface area contributed by atoms with Gasteiger partial charge in [-0.25, -0.2) is 4.57 Å². The second-order valence-electron chi connectivity index (χ2n) is 3.95. The van der Waals surface area contributed by atoms with Crippen molar-refractivity contribution in [1.82, 2.24) is 5.32 Å². The standard InChI is InChI=1S/C8H16NO4P/c1-6-2-4-7(5-3-6)9-8(10)14(11,12)13/h6-7H,2-5H2,1H3,(H,9,10)(H2,11,12,13). The first-order valence-corrected chi connectivity index (χ1v) is 6.37. The molecule has 1 rings (SSSR count). The fourth-order valence-corrected chi connectivity index (χ4v) is 2.01. The minimum Gasteiger partial charge on any atom is -0.343 e. The molecular weight excluding hydrogens is 205 g/mol. The third kappa shape index (κ3) is 3.40. The second kappa shape index (κ2) is 4.43. The first-order chi connectivity index (χ1) is 6.39. The Hall–Kier alpha value is -0.380. The Labute approximate surface area is 83.1 Å². The van der Waals surface area contributed by atoms with Crippen molar-refractivity contribution in [3.05, 3.63) is 0 Å². The maximum atomic E-state index is 10.9. The van der Waals surface area contributed by atoms with E-state index in [4.69, 9.17) is 9.79 Å². The molecule has 5 nitrogen and oxygen atoms in total. The lowest BCUT2D eigenvalue weighted by molar-refractivity contribution is 0.237. The number of rotatable bonds is 2. The van der Waals surface area contributed by atoms with Crippen LogP contribution < -0.4 is 5.32 Å². The summed E-state index contributed by atoms with van der Waals surface area (Å²) in [6, 6.07) is -0.0636. The van der Waals surface area contributed by atoms with E-state index in [9.17, 15) is 9.36 Å². The molecule has 1 aliphatic rings. The van der Waals surface area contributed by atoms with Crippen molar-refractivity contribution < 1.29 is 19.1 Å². The van der Waals surface area contributed by atoms with E-state index in [1.807, 2.05) is 0 Å². The van der Waals surface area contributed by atoms with E-state index < -0.39 is 13.2 Å². The highest BCUT2D eigenvalue weighted by Gasteiger charge is 2.29. The summed E-state index contributed by atoms with van der Waals surface area (Å²) in [5, 5.41) is 2.38. The van der Waals surface area contributed by atoms with Gasteiger partial charge in [-0.15, -0.1) is 0 Å². The van der Waals surface area contributed by atoms with Crippen molar-refractivity contribution in [2.24, 2.45) is 5.92 Å². The summed E-state index contributed by atoms with van der Waals surface area (Å²) < 4.78 is 10.6. The SMILES string of the molecule is CC1CCC(NC(=O)P(=O)(O)O)CC1. The van der Waals surface area contributed by atoms with Crippen LogP contribution in [0.15, 0.2) is 0 Å². The topological polar surface area (TPSA) is 86.6 Å². The average molecular weight is 221 g/mol. The van der Waals surface area contributed by atoms with Gasteiger partial charge in [-0.1, -0.05) is 6.92 Å². The molecule has 1 fully saturated rings. The molecule has 3 N–H and O–H groups in total. The molecular formula is C8H16NO4P. The van der Waals surface area contributed by atoms with Crippen LogP contribution in [-0.4, -0.2) is 21.5 Å². The summed E-state index contributed by atoms with van der Waals surface area (Å²) in [7, 11) is -4.59.